The molecule has 2 aromatic carbocycles. The zero-order valence-electron chi connectivity index (χ0n) is 24.9. The van der Waals surface area contributed by atoms with Crippen molar-refractivity contribution in [2.24, 2.45) is 0 Å². The highest BCUT2D eigenvalue weighted by Gasteiger charge is 2.45. The molecule has 0 bridgehead atoms. The van der Waals surface area contributed by atoms with Gasteiger partial charge in [0.15, 0.2) is 0 Å². The van der Waals surface area contributed by atoms with Crippen LogP contribution in [0.3, 0.4) is 0 Å². The first-order valence-corrected chi connectivity index (χ1v) is 16.2. The summed E-state index contributed by atoms with van der Waals surface area (Å²) in [5, 5.41) is 11.5. The molecule has 1 N–H and O–H groups in total. The fraction of sp³-hybridized carbons (Fsp3) is 0.286. The molecule has 0 radical (unpaired) electrons. The lowest BCUT2D eigenvalue weighted by atomic mass is 9.92. The molecule has 5 aromatic rings. The maximum absolute atomic E-state index is 15.9. The number of aromatic nitrogens is 3. The number of fused-ring (bicyclic) bond motifs is 4. The Morgan fingerprint density at radius 1 is 1.07 bits per heavy atom. The van der Waals surface area contributed by atoms with E-state index in [-0.39, 0.29) is 36.2 Å². The van der Waals surface area contributed by atoms with Crippen molar-refractivity contribution in [3.05, 3.63) is 111 Å². The number of nitrogens with one attached hydrogen (secondary N) is 1. The monoisotopic (exact) mass is 637 g/mol. The predicted octanol–water partition coefficient (Wildman–Crippen LogP) is 7.27. The zero-order chi connectivity index (χ0) is 31.5. The van der Waals surface area contributed by atoms with E-state index in [9.17, 15) is 14.0 Å². The van der Waals surface area contributed by atoms with Crippen LogP contribution in [-0.4, -0.2) is 38.4 Å². The first-order valence-electron chi connectivity index (χ1n) is 15.4. The van der Waals surface area contributed by atoms with Gasteiger partial charge in [0.25, 0.3) is 11.8 Å². The Morgan fingerprint density at radius 2 is 1.89 bits per heavy atom. The molecule has 11 heteroatoms. The lowest BCUT2D eigenvalue weighted by Gasteiger charge is -2.17. The van der Waals surface area contributed by atoms with Crippen LogP contribution < -0.4 is 5.32 Å². The maximum Gasteiger partial charge on any atom is 0.261 e. The van der Waals surface area contributed by atoms with Crippen LogP contribution in [0.5, 0.6) is 0 Å². The highest BCUT2D eigenvalue weighted by atomic mass is 32.1. The average Bonchev–Trinajstić information content (AvgIpc) is 3.89. The molecule has 1 fully saturated rings. The van der Waals surface area contributed by atoms with Gasteiger partial charge in [0, 0.05) is 30.3 Å². The van der Waals surface area contributed by atoms with E-state index in [0.717, 1.165) is 31.2 Å². The molecule has 46 heavy (non-hydrogen) atoms. The van der Waals surface area contributed by atoms with E-state index in [2.05, 4.69) is 27.6 Å². The maximum atomic E-state index is 15.9. The Bertz CT molecular complexity index is 2010. The van der Waals surface area contributed by atoms with Crippen LogP contribution in [0.15, 0.2) is 65.1 Å². The van der Waals surface area contributed by atoms with Gasteiger partial charge in [0.05, 0.1) is 39.5 Å². The normalized spacial score (nSPS) is 18.8. The number of amides is 2. The molecule has 3 aromatic heterocycles. The van der Waals surface area contributed by atoms with Crippen molar-refractivity contribution in [2.45, 2.75) is 57.3 Å². The van der Waals surface area contributed by atoms with Gasteiger partial charge >= 0.3 is 0 Å². The fourth-order valence-corrected chi connectivity index (χ4v) is 8.03. The third-order valence-electron chi connectivity index (χ3n) is 9.20. The van der Waals surface area contributed by atoms with Crippen molar-refractivity contribution >= 4 is 23.2 Å². The molecule has 232 valence electrons. The van der Waals surface area contributed by atoms with Crippen molar-refractivity contribution in [3.63, 3.8) is 0 Å². The van der Waals surface area contributed by atoms with E-state index in [4.69, 9.17) is 9.40 Å². The molecule has 1 saturated heterocycles. The Morgan fingerprint density at radius 3 is 2.70 bits per heavy atom. The summed E-state index contributed by atoms with van der Waals surface area (Å²) < 4.78 is 35.5. The number of thiophene rings is 1. The molecule has 8 nitrogen and oxygen atoms in total. The minimum atomic E-state index is -1.52. The third kappa shape index (κ3) is 4.81. The smallest absolute Gasteiger partial charge is 0.261 e. The van der Waals surface area contributed by atoms with Crippen LogP contribution in [-0.2, 0) is 12.8 Å². The lowest BCUT2D eigenvalue weighted by molar-refractivity contribution is 0.0776. The average molecular weight is 638 g/mol. The third-order valence-corrected chi connectivity index (χ3v) is 10.3. The van der Waals surface area contributed by atoms with Gasteiger partial charge in [-0.05, 0) is 66.6 Å². The number of aryl methyl sites for hydroxylation is 2. The number of halogens is 2. The van der Waals surface area contributed by atoms with Crippen LogP contribution in [0.2, 0.25) is 0 Å². The second-order valence-electron chi connectivity index (χ2n) is 12.0. The number of alkyl halides is 1. The van der Waals surface area contributed by atoms with E-state index in [1.54, 1.807) is 13.0 Å². The molecule has 0 unspecified atom stereocenters. The number of pyridine rings is 1. The summed E-state index contributed by atoms with van der Waals surface area (Å²) in [5.74, 6) is -0.387. The first-order chi connectivity index (χ1) is 22.4. The molecule has 0 spiro atoms. The van der Waals surface area contributed by atoms with Crippen LogP contribution in [0.25, 0.3) is 21.9 Å². The molecule has 3 atom stereocenters. The number of benzene rings is 2. The second kappa shape index (κ2) is 11.2. The van der Waals surface area contributed by atoms with Gasteiger partial charge in [-0.1, -0.05) is 36.4 Å². The Labute approximate surface area is 267 Å². The van der Waals surface area contributed by atoms with Crippen LogP contribution in [0, 0.1) is 12.7 Å². The number of hydrogen-bond acceptors (Lipinski definition) is 7. The van der Waals surface area contributed by atoms with Gasteiger partial charge < -0.3 is 14.6 Å². The lowest BCUT2D eigenvalue weighted by Crippen LogP contribution is -2.26. The highest BCUT2D eigenvalue weighted by molar-refractivity contribution is 7.17. The number of nitrogens with zero attached hydrogens (tertiary/aromatic N) is 4. The Balaban J connectivity index is 1.24. The molecule has 1 aliphatic carbocycles. The van der Waals surface area contributed by atoms with Crippen LogP contribution >= 0.6 is 11.3 Å². The van der Waals surface area contributed by atoms with Gasteiger partial charge in [-0.25, -0.2) is 8.78 Å². The van der Waals surface area contributed by atoms with E-state index in [1.807, 2.05) is 23.1 Å². The van der Waals surface area contributed by atoms with Crippen molar-refractivity contribution in [3.8, 4) is 21.9 Å². The predicted molar refractivity (Wildman–Crippen MR) is 168 cm³/mol. The van der Waals surface area contributed by atoms with Gasteiger partial charge in [0.1, 0.15) is 12.0 Å². The van der Waals surface area contributed by atoms with Crippen LogP contribution in [0.1, 0.15) is 91.5 Å². The van der Waals surface area contributed by atoms with Gasteiger partial charge in [-0.3, -0.25) is 14.6 Å². The second-order valence-corrected chi connectivity index (χ2v) is 13.1. The number of carbonyl (C=O) groups excluding carboxylic acids is 2. The quantitative estimate of drug-likeness (QED) is 0.202. The minimum Gasteiger partial charge on any atom is -0.421 e. The summed E-state index contributed by atoms with van der Waals surface area (Å²) >= 11 is 1.26. The summed E-state index contributed by atoms with van der Waals surface area (Å²) in [7, 11) is 0. The van der Waals surface area contributed by atoms with Crippen molar-refractivity contribution in [2.75, 3.05) is 6.54 Å². The molecule has 2 aliphatic heterocycles. The molecule has 5 heterocycles. The largest absolute Gasteiger partial charge is 0.421 e. The van der Waals surface area contributed by atoms with E-state index in [0.29, 0.717) is 55.8 Å². The molecular formula is C35H29F2N5O3S. The molecule has 3 aliphatic rings. The Hall–Kier alpha value is -4.77. The SMILES string of the molecule is Cc1nnc(-c2c(C[C@@H](F)c3ccc(F)cc3)nc3c(c2-c2ccc(C(=O)N[C@H]4CCc5ccccc54)s2)C(=O)N2CCC[C@H]32)o1. The van der Waals surface area contributed by atoms with Crippen molar-refractivity contribution in [1.82, 2.24) is 25.4 Å². The van der Waals surface area contributed by atoms with Gasteiger partial charge in [-0.2, -0.15) is 0 Å². The topological polar surface area (TPSA) is 101 Å². The van der Waals surface area contributed by atoms with Gasteiger partial charge in [-0.15, -0.1) is 21.5 Å². The molecule has 0 saturated carbocycles. The zero-order valence-corrected chi connectivity index (χ0v) is 25.7. The fourth-order valence-electron chi connectivity index (χ4n) is 7.06. The van der Waals surface area contributed by atoms with Crippen LogP contribution in [0.4, 0.5) is 8.78 Å². The first kappa shape index (κ1) is 28.7. The minimum absolute atomic E-state index is 0.0790. The summed E-state index contributed by atoms with van der Waals surface area (Å²) in [6, 6.07) is 16.7. The molecule has 8 rings (SSSR count). The number of carbonyl (C=O) groups is 2. The van der Waals surface area contributed by atoms with E-state index >= 15 is 4.39 Å². The summed E-state index contributed by atoms with van der Waals surface area (Å²) in [4.78, 5) is 35.4. The summed E-state index contributed by atoms with van der Waals surface area (Å²) in [5.41, 5.74) is 4.95. The molecular weight excluding hydrogens is 608 g/mol. The molecule has 2 amide bonds. The standard InChI is InChI=1S/C35H29F2N5O3S/c1-18-40-41-34(45-18)29-25(17-23(37)20-8-11-21(36)12-9-20)38-32-26-7-4-16-42(26)35(44)31(32)30(29)27-14-15-28(46-27)33(43)39-24-13-10-19-5-2-3-6-22(19)24/h2-3,5-6,8-9,11-12,14-15,23-24,26H,4,7,10,13,16-17H2,1H3,(H,39,43)/t23-,24+,26-/m1/s1. The van der Waals surface area contributed by atoms with Crippen molar-refractivity contribution in [1.29, 1.82) is 0 Å². The summed E-state index contributed by atoms with van der Waals surface area (Å²) in [6.45, 7) is 2.26. The van der Waals surface area contributed by atoms with E-state index < -0.39 is 12.0 Å². The van der Waals surface area contributed by atoms with Crippen molar-refractivity contribution < 1.29 is 22.8 Å². The van der Waals surface area contributed by atoms with Gasteiger partial charge in [0.2, 0.25) is 11.8 Å². The Kier molecular flexibility index (Phi) is 7.01. The summed E-state index contributed by atoms with van der Waals surface area (Å²) in [6.07, 6.45) is 1.66. The number of rotatable bonds is 7. The van der Waals surface area contributed by atoms with E-state index in [1.165, 1.54) is 41.2 Å². The highest BCUT2D eigenvalue weighted by Crippen LogP contribution is 2.49. The number of hydrogen-bond donors (Lipinski definition) is 1.